The number of amides is 1. The lowest BCUT2D eigenvalue weighted by Crippen LogP contribution is -2.38. The molecular weight excluding hydrogens is 454 g/mol. The minimum Gasteiger partial charge on any atom is -0.483 e. The van der Waals surface area contributed by atoms with Gasteiger partial charge in [0.1, 0.15) is 5.75 Å². The first-order chi connectivity index (χ1) is 17.8. The van der Waals surface area contributed by atoms with Crippen LogP contribution in [0.5, 0.6) is 5.75 Å². The number of hydrogen-bond donors (Lipinski definition) is 1. The van der Waals surface area contributed by atoms with Gasteiger partial charge in [0.25, 0.3) is 5.91 Å². The summed E-state index contributed by atoms with van der Waals surface area (Å²) in [5.41, 5.74) is 5.21. The van der Waals surface area contributed by atoms with E-state index in [0.29, 0.717) is 13.2 Å². The Morgan fingerprint density at radius 2 is 1.47 bits per heavy atom. The highest BCUT2D eigenvalue weighted by molar-refractivity contribution is 5.96. The van der Waals surface area contributed by atoms with E-state index in [9.17, 15) is 4.79 Å². The highest BCUT2D eigenvalue weighted by atomic mass is 16.5. The van der Waals surface area contributed by atoms with Crippen LogP contribution in [0.15, 0.2) is 72.8 Å². The molecule has 0 saturated carbocycles. The number of nitrogens with zero attached hydrogens (tertiary/aromatic N) is 2. The predicted molar refractivity (Wildman–Crippen MR) is 142 cm³/mol. The summed E-state index contributed by atoms with van der Waals surface area (Å²) >= 11 is 0. The summed E-state index contributed by atoms with van der Waals surface area (Å²) in [6.07, 6.45) is 0.753. The Kier molecular flexibility index (Phi) is 8.00. The molecule has 7 heteroatoms. The minimum atomic E-state index is -0.182. The molecule has 0 spiro atoms. The van der Waals surface area contributed by atoms with Crippen LogP contribution in [-0.2, 0) is 20.7 Å². The van der Waals surface area contributed by atoms with E-state index in [1.165, 1.54) is 5.56 Å². The van der Waals surface area contributed by atoms with Gasteiger partial charge in [-0.25, -0.2) is 0 Å². The van der Waals surface area contributed by atoms with Crippen LogP contribution < -0.4 is 19.9 Å². The largest absolute Gasteiger partial charge is 0.483 e. The predicted octanol–water partition coefficient (Wildman–Crippen LogP) is 3.97. The van der Waals surface area contributed by atoms with E-state index in [-0.39, 0.29) is 12.5 Å². The van der Waals surface area contributed by atoms with E-state index in [1.807, 2.05) is 48.5 Å². The molecule has 0 aliphatic carbocycles. The number of hydrogen-bond acceptors (Lipinski definition) is 6. The number of benzene rings is 3. The molecule has 2 saturated heterocycles. The Bertz CT molecular complexity index is 1140. The van der Waals surface area contributed by atoms with Crippen molar-refractivity contribution in [1.29, 1.82) is 0 Å². The molecule has 0 atom stereocenters. The van der Waals surface area contributed by atoms with E-state index in [1.54, 1.807) is 0 Å². The summed E-state index contributed by atoms with van der Waals surface area (Å²) < 4.78 is 17.0. The zero-order chi connectivity index (χ0) is 24.6. The molecule has 7 nitrogen and oxygen atoms in total. The molecule has 1 N–H and O–H groups in total. The van der Waals surface area contributed by atoms with Crippen LogP contribution in [0.4, 0.5) is 17.1 Å². The van der Waals surface area contributed by atoms with E-state index in [0.717, 1.165) is 74.2 Å². The summed E-state index contributed by atoms with van der Waals surface area (Å²) in [5.74, 6) is 0.547. The minimum absolute atomic E-state index is 0.0560. The van der Waals surface area contributed by atoms with Crippen molar-refractivity contribution in [3.63, 3.8) is 0 Å². The first-order valence-electron chi connectivity index (χ1n) is 12.6. The van der Waals surface area contributed by atoms with Crippen molar-refractivity contribution >= 4 is 23.0 Å². The molecule has 5 rings (SSSR count). The number of anilines is 3. The average Bonchev–Trinajstić information content (AvgIpc) is 2.94. The first kappa shape index (κ1) is 24.2. The number of ether oxygens (including phenoxy) is 3. The van der Waals surface area contributed by atoms with Crippen LogP contribution in [0.3, 0.4) is 0 Å². The molecule has 1 amide bonds. The smallest absolute Gasteiger partial charge is 0.262 e. The van der Waals surface area contributed by atoms with Crippen LogP contribution in [-0.4, -0.2) is 65.1 Å². The van der Waals surface area contributed by atoms with Crippen molar-refractivity contribution < 1.29 is 19.0 Å². The van der Waals surface area contributed by atoms with E-state index >= 15 is 0 Å². The molecule has 2 aliphatic heterocycles. The van der Waals surface area contributed by atoms with Crippen molar-refractivity contribution in [2.45, 2.75) is 6.42 Å². The number of para-hydroxylation sites is 1. The van der Waals surface area contributed by atoms with Gasteiger partial charge in [-0.2, -0.15) is 0 Å². The number of carbonyl (C=O) groups excluding carboxylic acids is 1. The van der Waals surface area contributed by atoms with Crippen LogP contribution in [0.2, 0.25) is 0 Å². The Balaban J connectivity index is 1.28. The first-order valence-corrected chi connectivity index (χ1v) is 12.6. The zero-order valence-electron chi connectivity index (χ0n) is 20.5. The molecule has 0 aromatic heterocycles. The zero-order valence-corrected chi connectivity index (χ0v) is 20.5. The fourth-order valence-electron chi connectivity index (χ4n) is 4.65. The quantitative estimate of drug-likeness (QED) is 0.519. The van der Waals surface area contributed by atoms with Crippen LogP contribution >= 0.6 is 0 Å². The monoisotopic (exact) mass is 487 g/mol. The number of carbonyl (C=O) groups is 1. The van der Waals surface area contributed by atoms with Crippen molar-refractivity contribution in [1.82, 2.24) is 0 Å². The topological polar surface area (TPSA) is 63.3 Å². The maximum Gasteiger partial charge on any atom is 0.262 e. The van der Waals surface area contributed by atoms with E-state index < -0.39 is 0 Å². The van der Waals surface area contributed by atoms with E-state index in [4.69, 9.17) is 14.2 Å². The molecule has 0 bridgehead atoms. The molecule has 2 heterocycles. The maximum atomic E-state index is 13.0. The molecule has 0 radical (unpaired) electrons. The molecule has 188 valence electrons. The lowest BCUT2D eigenvalue weighted by atomic mass is 10.0. The van der Waals surface area contributed by atoms with Gasteiger partial charge in [-0.05, 0) is 35.4 Å². The number of nitrogens with one attached hydrogen (secondary N) is 1. The lowest BCUT2D eigenvalue weighted by Gasteiger charge is -2.33. The maximum absolute atomic E-state index is 13.0. The molecule has 36 heavy (non-hydrogen) atoms. The van der Waals surface area contributed by atoms with Gasteiger partial charge in [-0.3, -0.25) is 4.79 Å². The molecule has 0 unspecified atom stereocenters. The van der Waals surface area contributed by atoms with Crippen LogP contribution in [0.25, 0.3) is 0 Å². The van der Waals surface area contributed by atoms with Crippen molar-refractivity contribution in [3.8, 4) is 5.75 Å². The fraction of sp³-hybridized carbons (Fsp3) is 0.345. The van der Waals surface area contributed by atoms with E-state index in [2.05, 4.69) is 39.4 Å². The molecule has 2 fully saturated rings. The highest BCUT2D eigenvalue weighted by Gasteiger charge is 2.20. The van der Waals surface area contributed by atoms with Gasteiger partial charge in [0.2, 0.25) is 0 Å². The Hall–Kier alpha value is -3.55. The van der Waals surface area contributed by atoms with Gasteiger partial charge in [0.15, 0.2) is 6.61 Å². The summed E-state index contributed by atoms with van der Waals surface area (Å²) in [6.45, 7) is 6.07. The summed E-state index contributed by atoms with van der Waals surface area (Å²) in [5, 5.41) is 3.09. The van der Waals surface area contributed by atoms with Crippen LogP contribution in [0, 0.1) is 0 Å². The standard InChI is InChI=1S/C29H33N3O4/c33-29(22-36-28-9-5-4-8-24(28)20-23-6-2-1-3-7-23)30-26-11-10-25(31-12-16-34-17-13-31)21-27(26)32-14-18-35-19-15-32/h1-11,21H,12-20,22H2,(H,30,33). The molecule has 3 aromatic rings. The van der Waals surface area contributed by atoms with Crippen LogP contribution in [0.1, 0.15) is 11.1 Å². The lowest BCUT2D eigenvalue weighted by molar-refractivity contribution is -0.118. The molecular formula is C29H33N3O4. The third-order valence-electron chi connectivity index (χ3n) is 6.55. The van der Waals surface area contributed by atoms with Gasteiger partial charge in [0.05, 0.1) is 37.8 Å². The second kappa shape index (κ2) is 11.9. The number of rotatable bonds is 8. The summed E-state index contributed by atoms with van der Waals surface area (Å²) in [6, 6.07) is 24.4. The summed E-state index contributed by atoms with van der Waals surface area (Å²) in [4.78, 5) is 17.6. The number of morpholine rings is 2. The summed E-state index contributed by atoms with van der Waals surface area (Å²) in [7, 11) is 0. The Morgan fingerprint density at radius 3 is 2.22 bits per heavy atom. The second-order valence-corrected chi connectivity index (χ2v) is 9.01. The third-order valence-corrected chi connectivity index (χ3v) is 6.55. The average molecular weight is 488 g/mol. The molecule has 2 aliphatic rings. The van der Waals surface area contributed by atoms with Gasteiger partial charge < -0.3 is 29.3 Å². The van der Waals surface area contributed by atoms with Gasteiger partial charge in [-0.15, -0.1) is 0 Å². The Labute approximate surface area is 212 Å². The van der Waals surface area contributed by atoms with Gasteiger partial charge >= 0.3 is 0 Å². The highest BCUT2D eigenvalue weighted by Crippen LogP contribution is 2.32. The van der Waals surface area contributed by atoms with Gasteiger partial charge in [0, 0.05) is 38.3 Å². The SMILES string of the molecule is O=C(COc1ccccc1Cc1ccccc1)Nc1ccc(N2CCOCC2)cc1N1CCOCC1. The van der Waals surface area contributed by atoms with Crippen molar-refractivity contribution in [3.05, 3.63) is 83.9 Å². The van der Waals surface area contributed by atoms with Crippen molar-refractivity contribution in [2.75, 3.05) is 74.3 Å². The Morgan fingerprint density at radius 1 is 0.806 bits per heavy atom. The fourth-order valence-corrected chi connectivity index (χ4v) is 4.65. The van der Waals surface area contributed by atoms with Crippen molar-refractivity contribution in [2.24, 2.45) is 0 Å². The molecule has 3 aromatic carbocycles. The second-order valence-electron chi connectivity index (χ2n) is 9.01. The van der Waals surface area contributed by atoms with Gasteiger partial charge in [-0.1, -0.05) is 48.5 Å². The normalized spacial score (nSPS) is 16.0. The third kappa shape index (κ3) is 6.17.